The number of hydrogen-bond donors (Lipinski definition) is 1. The molecule has 21 heavy (non-hydrogen) atoms. The molecule has 0 spiro atoms. The van der Waals surface area contributed by atoms with Crippen molar-refractivity contribution in [3.8, 4) is 5.69 Å². The van der Waals surface area contributed by atoms with Gasteiger partial charge in [-0.25, -0.2) is 9.48 Å². The first kappa shape index (κ1) is 14.8. The Hall–Kier alpha value is -2.57. The van der Waals surface area contributed by atoms with Gasteiger partial charge in [0.05, 0.1) is 12.8 Å². The summed E-state index contributed by atoms with van der Waals surface area (Å²) in [7, 11) is 1.33. The SMILES string of the molecule is CCN(CC)c1nn(-c2ccncc2)c(N)c1C(=O)OC. The summed E-state index contributed by atoms with van der Waals surface area (Å²) in [6.45, 7) is 5.42. The number of aromatic nitrogens is 3. The zero-order valence-electron chi connectivity index (χ0n) is 12.4. The molecule has 2 aromatic heterocycles. The van der Waals surface area contributed by atoms with E-state index in [1.807, 2.05) is 18.7 Å². The predicted molar refractivity (Wildman–Crippen MR) is 80.7 cm³/mol. The Morgan fingerprint density at radius 3 is 2.48 bits per heavy atom. The molecule has 0 atom stereocenters. The minimum absolute atomic E-state index is 0.259. The van der Waals surface area contributed by atoms with E-state index in [0.29, 0.717) is 18.9 Å². The molecule has 0 aliphatic carbocycles. The second kappa shape index (κ2) is 6.25. The summed E-state index contributed by atoms with van der Waals surface area (Å²) < 4.78 is 6.36. The molecule has 2 rings (SSSR count). The lowest BCUT2D eigenvalue weighted by Crippen LogP contribution is -2.24. The van der Waals surface area contributed by atoms with Gasteiger partial charge in [-0.2, -0.15) is 0 Å². The first-order valence-electron chi connectivity index (χ1n) is 6.76. The fraction of sp³-hybridized carbons (Fsp3) is 0.357. The summed E-state index contributed by atoms with van der Waals surface area (Å²) >= 11 is 0. The van der Waals surface area contributed by atoms with Crippen LogP contribution in [0.15, 0.2) is 24.5 Å². The fourth-order valence-electron chi connectivity index (χ4n) is 2.14. The topological polar surface area (TPSA) is 86.3 Å². The third-order valence-corrected chi connectivity index (χ3v) is 3.26. The van der Waals surface area contributed by atoms with Gasteiger partial charge in [0.25, 0.3) is 0 Å². The van der Waals surface area contributed by atoms with E-state index in [0.717, 1.165) is 5.69 Å². The Morgan fingerprint density at radius 1 is 1.33 bits per heavy atom. The molecule has 0 saturated carbocycles. The zero-order chi connectivity index (χ0) is 15.4. The Balaban J connectivity index is 2.62. The lowest BCUT2D eigenvalue weighted by atomic mass is 10.2. The molecule has 2 aromatic rings. The summed E-state index contributed by atoms with van der Waals surface area (Å²) in [5.41, 5.74) is 7.14. The molecule has 2 heterocycles. The van der Waals surface area contributed by atoms with Crippen molar-refractivity contribution in [3.05, 3.63) is 30.1 Å². The Morgan fingerprint density at radius 2 is 1.95 bits per heavy atom. The molecule has 0 fully saturated rings. The van der Waals surface area contributed by atoms with Crippen LogP contribution in [0.25, 0.3) is 5.69 Å². The lowest BCUT2D eigenvalue weighted by molar-refractivity contribution is 0.0602. The number of rotatable bonds is 5. The van der Waals surface area contributed by atoms with Crippen molar-refractivity contribution in [2.75, 3.05) is 30.8 Å². The lowest BCUT2D eigenvalue weighted by Gasteiger charge is -2.18. The maximum atomic E-state index is 12.0. The van der Waals surface area contributed by atoms with Gasteiger partial charge in [0, 0.05) is 25.5 Å². The molecule has 0 aliphatic rings. The molecular weight excluding hydrogens is 270 g/mol. The summed E-state index contributed by atoms with van der Waals surface area (Å²) in [6, 6.07) is 3.55. The highest BCUT2D eigenvalue weighted by molar-refractivity contribution is 6.00. The van der Waals surface area contributed by atoms with Crippen LogP contribution in [0.5, 0.6) is 0 Å². The number of carbonyl (C=O) groups excluding carboxylic acids is 1. The van der Waals surface area contributed by atoms with Gasteiger partial charge < -0.3 is 15.4 Å². The Bertz CT molecular complexity index is 620. The number of carbonyl (C=O) groups is 1. The van der Waals surface area contributed by atoms with Crippen molar-refractivity contribution >= 4 is 17.6 Å². The van der Waals surface area contributed by atoms with Crippen molar-refractivity contribution in [1.82, 2.24) is 14.8 Å². The molecule has 112 valence electrons. The third kappa shape index (κ3) is 2.67. The molecule has 0 saturated heterocycles. The van der Waals surface area contributed by atoms with Crippen LogP contribution < -0.4 is 10.6 Å². The molecular formula is C14H19N5O2. The average Bonchev–Trinajstić information content (AvgIpc) is 2.86. The van der Waals surface area contributed by atoms with Gasteiger partial charge in [-0.05, 0) is 26.0 Å². The summed E-state index contributed by atoms with van der Waals surface area (Å²) in [5.74, 6) is 0.297. The van der Waals surface area contributed by atoms with Crippen molar-refractivity contribution in [2.24, 2.45) is 0 Å². The van der Waals surface area contributed by atoms with Gasteiger partial charge in [-0.15, -0.1) is 5.10 Å². The van der Waals surface area contributed by atoms with E-state index in [1.54, 1.807) is 24.5 Å². The van der Waals surface area contributed by atoms with Crippen LogP contribution in [0, 0.1) is 0 Å². The van der Waals surface area contributed by atoms with E-state index >= 15 is 0 Å². The van der Waals surface area contributed by atoms with Gasteiger partial charge >= 0.3 is 5.97 Å². The van der Waals surface area contributed by atoms with Crippen molar-refractivity contribution in [1.29, 1.82) is 0 Å². The Labute approximate surface area is 123 Å². The standard InChI is InChI=1S/C14H19N5O2/c1-4-18(5-2)13-11(14(20)21-3)12(15)19(17-13)10-6-8-16-9-7-10/h6-9H,4-5,15H2,1-3H3. The number of ether oxygens (including phenoxy) is 1. The van der Waals surface area contributed by atoms with Gasteiger partial charge in [0.15, 0.2) is 5.82 Å². The molecule has 0 radical (unpaired) electrons. The minimum Gasteiger partial charge on any atom is -0.465 e. The van der Waals surface area contributed by atoms with Gasteiger partial charge in [-0.1, -0.05) is 0 Å². The van der Waals surface area contributed by atoms with Gasteiger partial charge in [0.2, 0.25) is 0 Å². The Kier molecular flexibility index (Phi) is 4.42. The van der Waals surface area contributed by atoms with E-state index < -0.39 is 5.97 Å². The summed E-state index contributed by atoms with van der Waals surface area (Å²) in [6.07, 6.45) is 3.29. The molecule has 2 N–H and O–H groups in total. The monoisotopic (exact) mass is 289 g/mol. The first-order valence-corrected chi connectivity index (χ1v) is 6.76. The van der Waals surface area contributed by atoms with E-state index in [9.17, 15) is 4.79 Å². The molecule has 7 nitrogen and oxygen atoms in total. The van der Waals surface area contributed by atoms with Crippen molar-refractivity contribution < 1.29 is 9.53 Å². The van der Waals surface area contributed by atoms with Crippen LogP contribution in [0.1, 0.15) is 24.2 Å². The molecule has 0 bridgehead atoms. The average molecular weight is 289 g/mol. The maximum Gasteiger partial charge on any atom is 0.345 e. The van der Waals surface area contributed by atoms with Crippen LogP contribution in [0.4, 0.5) is 11.6 Å². The second-order valence-corrected chi connectivity index (χ2v) is 4.36. The van der Waals surface area contributed by atoms with Crippen LogP contribution >= 0.6 is 0 Å². The highest BCUT2D eigenvalue weighted by Gasteiger charge is 2.26. The smallest absolute Gasteiger partial charge is 0.345 e. The number of pyridine rings is 1. The van der Waals surface area contributed by atoms with Crippen LogP contribution in [0.3, 0.4) is 0 Å². The van der Waals surface area contributed by atoms with E-state index in [-0.39, 0.29) is 11.4 Å². The van der Waals surface area contributed by atoms with Crippen LogP contribution in [-0.4, -0.2) is 40.9 Å². The third-order valence-electron chi connectivity index (χ3n) is 3.26. The van der Waals surface area contributed by atoms with Crippen LogP contribution in [-0.2, 0) is 4.74 Å². The van der Waals surface area contributed by atoms with Crippen molar-refractivity contribution in [3.63, 3.8) is 0 Å². The number of anilines is 2. The number of nitrogens with zero attached hydrogens (tertiary/aromatic N) is 4. The van der Waals surface area contributed by atoms with E-state index in [1.165, 1.54) is 11.8 Å². The molecule has 0 aromatic carbocycles. The summed E-state index contributed by atoms with van der Waals surface area (Å²) in [5, 5.41) is 4.48. The van der Waals surface area contributed by atoms with Gasteiger partial charge in [-0.3, -0.25) is 4.98 Å². The molecule has 0 aliphatic heterocycles. The normalized spacial score (nSPS) is 10.4. The number of nitrogens with two attached hydrogens (primary N) is 1. The number of nitrogen functional groups attached to an aromatic ring is 1. The van der Waals surface area contributed by atoms with Crippen LogP contribution in [0.2, 0.25) is 0 Å². The highest BCUT2D eigenvalue weighted by Crippen LogP contribution is 2.28. The molecule has 0 amide bonds. The first-order chi connectivity index (χ1) is 10.1. The predicted octanol–water partition coefficient (Wildman–Crippen LogP) is 1.48. The molecule has 0 unspecified atom stereocenters. The number of esters is 1. The summed E-state index contributed by atoms with van der Waals surface area (Å²) in [4.78, 5) is 18.0. The van der Waals surface area contributed by atoms with E-state index in [4.69, 9.17) is 10.5 Å². The largest absolute Gasteiger partial charge is 0.465 e. The quantitative estimate of drug-likeness (QED) is 0.839. The van der Waals surface area contributed by atoms with Gasteiger partial charge in [0.1, 0.15) is 11.4 Å². The highest BCUT2D eigenvalue weighted by atomic mass is 16.5. The number of methoxy groups -OCH3 is 1. The maximum absolute atomic E-state index is 12.0. The fourth-order valence-corrected chi connectivity index (χ4v) is 2.14. The second-order valence-electron chi connectivity index (χ2n) is 4.36. The number of hydrogen-bond acceptors (Lipinski definition) is 6. The van der Waals surface area contributed by atoms with Crippen molar-refractivity contribution in [2.45, 2.75) is 13.8 Å². The van der Waals surface area contributed by atoms with E-state index in [2.05, 4.69) is 10.1 Å². The molecule has 7 heteroatoms. The minimum atomic E-state index is -0.491. The zero-order valence-corrected chi connectivity index (χ0v) is 12.4.